The van der Waals surface area contributed by atoms with Crippen LogP contribution in [0.4, 0.5) is 0 Å². The summed E-state index contributed by atoms with van der Waals surface area (Å²) >= 11 is 6.14. The van der Waals surface area contributed by atoms with E-state index in [-0.39, 0.29) is 4.75 Å². The SMILES string of the molecule is CC(C)(C)[S@@](=O)CCNCc1cc(Cl)cc2cccnc12. The number of nitrogens with zero attached hydrogens (tertiary/aromatic N) is 1. The largest absolute Gasteiger partial charge is 0.312 e. The maximum Gasteiger partial charge on any atom is 0.0747 e. The first-order chi connectivity index (χ1) is 9.88. The third kappa shape index (κ3) is 4.50. The highest BCUT2D eigenvalue weighted by Gasteiger charge is 2.18. The second-order valence-corrected chi connectivity index (χ2v) is 8.74. The monoisotopic (exact) mass is 324 g/mol. The minimum Gasteiger partial charge on any atom is -0.312 e. The molecule has 1 atom stereocenters. The van der Waals surface area contributed by atoms with Crippen LogP contribution in [0, 0.1) is 0 Å². The van der Waals surface area contributed by atoms with Crippen LogP contribution in [0.5, 0.6) is 0 Å². The van der Waals surface area contributed by atoms with E-state index in [1.165, 1.54) is 0 Å². The van der Waals surface area contributed by atoms with Gasteiger partial charge in [0.2, 0.25) is 0 Å². The molecule has 0 aliphatic rings. The van der Waals surface area contributed by atoms with Crippen LogP contribution >= 0.6 is 11.6 Å². The van der Waals surface area contributed by atoms with Crippen molar-refractivity contribution >= 4 is 33.3 Å². The molecule has 0 radical (unpaired) electrons. The predicted molar refractivity (Wildman–Crippen MR) is 91.2 cm³/mol. The van der Waals surface area contributed by atoms with Gasteiger partial charge in [-0.05, 0) is 44.5 Å². The van der Waals surface area contributed by atoms with E-state index >= 15 is 0 Å². The zero-order valence-corrected chi connectivity index (χ0v) is 14.2. The van der Waals surface area contributed by atoms with Gasteiger partial charge in [0.1, 0.15) is 0 Å². The molecule has 0 saturated heterocycles. The van der Waals surface area contributed by atoms with Crippen LogP contribution in [0.2, 0.25) is 5.02 Å². The molecule has 0 aliphatic carbocycles. The maximum absolute atomic E-state index is 12.0. The molecule has 3 nitrogen and oxygen atoms in total. The second kappa shape index (κ2) is 6.86. The van der Waals surface area contributed by atoms with Gasteiger partial charge >= 0.3 is 0 Å². The quantitative estimate of drug-likeness (QED) is 0.856. The van der Waals surface area contributed by atoms with Crippen molar-refractivity contribution in [1.82, 2.24) is 10.3 Å². The Morgan fingerprint density at radius 2 is 2.10 bits per heavy atom. The van der Waals surface area contributed by atoms with Crippen LogP contribution in [0.15, 0.2) is 30.5 Å². The maximum atomic E-state index is 12.0. The van der Waals surface area contributed by atoms with Crippen LogP contribution in [-0.4, -0.2) is 26.2 Å². The number of rotatable bonds is 5. The van der Waals surface area contributed by atoms with E-state index in [4.69, 9.17) is 11.6 Å². The van der Waals surface area contributed by atoms with Gasteiger partial charge in [0, 0.05) is 51.0 Å². The average molecular weight is 325 g/mol. The molecular weight excluding hydrogens is 304 g/mol. The second-order valence-electron chi connectivity index (χ2n) is 5.98. The summed E-state index contributed by atoms with van der Waals surface area (Å²) in [5.74, 6) is 0.648. The Balaban J connectivity index is 2.00. The Morgan fingerprint density at radius 3 is 2.81 bits per heavy atom. The number of hydrogen-bond donors (Lipinski definition) is 1. The van der Waals surface area contributed by atoms with Gasteiger partial charge in [-0.2, -0.15) is 0 Å². The first-order valence-electron chi connectivity index (χ1n) is 7.00. The lowest BCUT2D eigenvalue weighted by Crippen LogP contribution is -2.29. The smallest absolute Gasteiger partial charge is 0.0747 e. The number of halogens is 1. The molecule has 0 saturated carbocycles. The zero-order valence-electron chi connectivity index (χ0n) is 12.6. The lowest BCUT2D eigenvalue weighted by atomic mass is 10.1. The molecule has 0 amide bonds. The lowest BCUT2D eigenvalue weighted by Gasteiger charge is -2.17. The van der Waals surface area contributed by atoms with Crippen molar-refractivity contribution in [1.29, 1.82) is 0 Å². The Labute approximate surface area is 133 Å². The highest BCUT2D eigenvalue weighted by Crippen LogP contribution is 2.22. The molecule has 114 valence electrons. The third-order valence-electron chi connectivity index (χ3n) is 3.21. The van der Waals surface area contributed by atoms with Crippen LogP contribution in [0.1, 0.15) is 26.3 Å². The molecule has 0 fully saturated rings. The first kappa shape index (κ1) is 16.4. The first-order valence-corrected chi connectivity index (χ1v) is 8.70. The minimum absolute atomic E-state index is 0.161. The summed E-state index contributed by atoms with van der Waals surface area (Å²) in [6.07, 6.45) is 1.79. The summed E-state index contributed by atoms with van der Waals surface area (Å²) < 4.78 is 11.8. The summed E-state index contributed by atoms with van der Waals surface area (Å²) in [7, 11) is -0.831. The fraction of sp³-hybridized carbons (Fsp3) is 0.438. The van der Waals surface area contributed by atoms with Crippen molar-refractivity contribution in [3.63, 3.8) is 0 Å². The number of benzene rings is 1. The summed E-state index contributed by atoms with van der Waals surface area (Å²) in [4.78, 5) is 4.42. The molecule has 2 rings (SSSR count). The van der Waals surface area contributed by atoms with Crippen molar-refractivity contribution in [2.75, 3.05) is 12.3 Å². The molecule has 1 aromatic heterocycles. The van der Waals surface area contributed by atoms with E-state index in [0.717, 1.165) is 16.5 Å². The van der Waals surface area contributed by atoms with Gasteiger partial charge in [-0.25, -0.2) is 0 Å². The van der Waals surface area contributed by atoms with Crippen molar-refractivity contribution in [3.05, 3.63) is 41.0 Å². The van der Waals surface area contributed by atoms with Crippen molar-refractivity contribution < 1.29 is 4.21 Å². The van der Waals surface area contributed by atoms with Gasteiger partial charge in [0.25, 0.3) is 0 Å². The molecule has 0 spiro atoms. The van der Waals surface area contributed by atoms with E-state index in [9.17, 15) is 4.21 Å². The Hall–Kier alpha value is -0.970. The lowest BCUT2D eigenvalue weighted by molar-refractivity contribution is 0.641. The van der Waals surface area contributed by atoms with E-state index in [0.29, 0.717) is 23.9 Å². The highest BCUT2D eigenvalue weighted by molar-refractivity contribution is 7.86. The van der Waals surface area contributed by atoms with E-state index in [1.54, 1.807) is 6.20 Å². The zero-order chi connectivity index (χ0) is 15.5. The molecule has 2 aromatic rings. The van der Waals surface area contributed by atoms with Crippen LogP contribution in [0.3, 0.4) is 0 Å². The third-order valence-corrected chi connectivity index (χ3v) is 5.37. The van der Waals surface area contributed by atoms with Crippen molar-refractivity contribution in [2.45, 2.75) is 32.1 Å². The molecule has 0 bridgehead atoms. The summed E-state index contributed by atoms with van der Waals surface area (Å²) in [6, 6.07) is 7.77. The van der Waals surface area contributed by atoms with Crippen LogP contribution in [0.25, 0.3) is 10.9 Å². The topological polar surface area (TPSA) is 42.0 Å². The Bertz CT molecular complexity index is 652. The van der Waals surface area contributed by atoms with Gasteiger partial charge < -0.3 is 5.32 Å². The molecule has 5 heteroatoms. The van der Waals surface area contributed by atoms with Crippen molar-refractivity contribution in [2.24, 2.45) is 0 Å². The van der Waals surface area contributed by atoms with Gasteiger partial charge in [0.15, 0.2) is 0 Å². The van der Waals surface area contributed by atoms with Crippen LogP contribution in [-0.2, 0) is 17.3 Å². The van der Waals surface area contributed by atoms with Gasteiger partial charge in [0.05, 0.1) is 5.52 Å². The molecule has 1 heterocycles. The number of nitrogens with one attached hydrogen (secondary N) is 1. The van der Waals surface area contributed by atoms with E-state index in [2.05, 4.69) is 10.3 Å². The fourth-order valence-corrected chi connectivity index (χ4v) is 3.25. The number of fused-ring (bicyclic) bond motifs is 1. The van der Waals surface area contributed by atoms with Gasteiger partial charge in [-0.15, -0.1) is 0 Å². The Kier molecular flexibility index (Phi) is 5.36. The van der Waals surface area contributed by atoms with Gasteiger partial charge in [-0.3, -0.25) is 9.19 Å². The highest BCUT2D eigenvalue weighted by atomic mass is 35.5. The summed E-state index contributed by atoms with van der Waals surface area (Å²) in [5, 5.41) is 5.09. The minimum atomic E-state index is -0.831. The Morgan fingerprint density at radius 1 is 1.33 bits per heavy atom. The van der Waals surface area contributed by atoms with Gasteiger partial charge in [-0.1, -0.05) is 17.7 Å². The molecule has 0 aliphatic heterocycles. The van der Waals surface area contributed by atoms with Crippen molar-refractivity contribution in [3.8, 4) is 0 Å². The normalized spacial score (nSPS) is 13.5. The fourth-order valence-electron chi connectivity index (χ4n) is 2.06. The summed E-state index contributed by atoms with van der Waals surface area (Å²) in [5.41, 5.74) is 2.03. The molecule has 0 unspecified atom stereocenters. The van der Waals surface area contributed by atoms with E-state index in [1.807, 2.05) is 45.0 Å². The number of aromatic nitrogens is 1. The molecule has 21 heavy (non-hydrogen) atoms. The molecule has 1 aromatic carbocycles. The standard InChI is InChI=1S/C16H21ClN2OS/c1-16(2,3)21(20)8-7-18-11-13-10-14(17)9-12-5-4-6-19-15(12)13/h4-6,9-10,18H,7-8,11H2,1-3H3/t21-/m0/s1. The number of pyridine rings is 1. The average Bonchev–Trinajstić information content (AvgIpc) is 2.41. The van der Waals surface area contributed by atoms with E-state index < -0.39 is 10.8 Å². The molecular formula is C16H21ClN2OS. The van der Waals surface area contributed by atoms with Crippen LogP contribution < -0.4 is 5.32 Å². The predicted octanol–water partition coefficient (Wildman–Crippen LogP) is 3.53. The number of hydrogen-bond acceptors (Lipinski definition) is 3. The molecule has 1 N–H and O–H groups in total. The summed E-state index contributed by atoms with van der Waals surface area (Å²) in [6.45, 7) is 7.38.